The third kappa shape index (κ3) is 8.63. The second-order valence-electron chi connectivity index (χ2n) is 11.5. The molecule has 0 bridgehead atoms. The smallest absolute Gasteiger partial charge is 0.415 e. The molecule has 0 spiro atoms. The van der Waals surface area contributed by atoms with Crippen LogP contribution in [-0.4, -0.2) is 89.5 Å². The molecular weight excluding hydrogens is 634 g/mol. The first-order chi connectivity index (χ1) is 21.7. The van der Waals surface area contributed by atoms with Crippen LogP contribution >= 0.6 is 0 Å². The van der Waals surface area contributed by atoms with Gasteiger partial charge in [0.05, 0.1) is 35.6 Å². The highest BCUT2D eigenvalue weighted by molar-refractivity contribution is 7.90. The van der Waals surface area contributed by atoms with E-state index in [2.05, 4.69) is 5.32 Å². The summed E-state index contributed by atoms with van der Waals surface area (Å²) < 4.78 is 63.1. The Kier molecular flexibility index (Phi) is 11.1. The molecule has 12 nitrogen and oxygen atoms in total. The van der Waals surface area contributed by atoms with Gasteiger partial charge in [-0.3, -0.25) is 9.69 Å². The molecule has 0 saturated carbocycles. The summed E-state index contributed by atoms with van der Waals surface area (Å²) in [7, 11) is -6.11. The number of carbonyl (C=O) groups is 2. The summed E-state index contributed by atoms with van der Waals surface area (Å²) in [6, 6.07) is 19.8. The molecule has 0 unspecified atom stereocenters. The van der Waals surface area contributed by atoms with Crippen LogP contribution in [0.1, 0.15) is 19.4 Å². The summed E-state index contributed by atoms with van der Waals surface area (Å²) in [6.07, 6.45) is -2.25. The Hall–Kier alpha value is -3.98. The number of nitrogens with one attached hydrogen (secondary N) is 1. The van der Waals surface area contributed by atoms with E-state index in [0.29, 0.717) is 5.75 Å². The number of sulfone groups is 1. The molecule has 1 aliphatic rings. The van der Waals surface area contributed by atoms with Crippen LogP contribution in [0.25, 0.3) is 0 Å². The average molecular weight is 674 g/mol. The van der Waals surface area contributed by atoms with E-state index in [4.69, 9.17) is 9.47 Å². The molecule has 3 aromatic carbocycles. The lowest BCUT2D eigenvalue weighted by atomic mass is 10.0. The maximum Gasteiger partial charge on any atom is 0.415 e. The summed E-state index contributed by atoms with van der Waals surface area (Å²) in [5.74, 6) is -0.273. The van der Waals surface area contributed by atoms with Crippen LogP contribution in [0, 0.1) is 5.92 Å². The molecule has 0 aliphatic carbocycles. The molecule has 3 aromatic rings. The Bertz CT molecular complexity index is 1730. The highest BCUT2D eigenvalue weighted by Crippen LogP contribution is 2.25. The fourth-order valence-corrected chi connectivity index (χ4v) is 7.31. The molecule has 0 aromatic heterocycles. The highest BCUT2D eigenvalue weighted by atomic mass is 32.2. The van der Waals surface area contributed by atoms with Crippen molar-refractivity contribution < 1.29 is 41.0 Å². The van der Waals surface area contributed by atoms with Crippen molar-refractivity contribution >= 4 is 37.5 Å². The van der Waals surface area contributed by atoms with Gasteiger partial charge in [0.15, 0.2) is 15.9 Å². The summed E-state index contributed by atoms with van der Waals surface area (Å²) in [5.41, 5.74) is 1.03. The van der Waals surface area contributed by atoms with Gasteiger partial charge in [-0.25, -0.2) is 21.6 Å². The zero-order valence-electron chi connectivity index (χ0n) is 26.1. The van der Waals surface area contributed by atoms with Crippen LogP contribution in [0.4, 0.5) is 10.5 Å². The minimum Gasteiger partial charge on any atom is -0.497 e. The van der Waals surface area contributed by atoms with Gasteiger partial charge in [0.2, 0.25) is 10.0 Å². The van der Waals surface area contributed by atoms with Crippen molar-refractivity contribution in [2.75, 3.05) is 37.9 Å². The van der Waals surface area contributed by atoms with Gasteiger partial charge in [0.1, 0.15) is 5.75 Å². The number of rotatable bonds is 14. The Morgan fingerprint density at radius 2 is 1.67 bits per heavy atom. The molecule has 2 N–H and O–H groups in total. The molecule has 14 heteroatoms. The fourth-order valence-electron chi connectivity index (χ4n) is 5.03. The number of hydrogen-bond acceptors (Lipinski definition) is 9. The third-order valence-corrected chi connectivity index (χ3v) is 10.4. The van der Waals surface area contributed by atoms with E-state index >= 15 is 0 Å². The summed E-state index contributed by atoms with van der Waals surface area (Å²) in [6.45, 7) is 3.31. The van der Waals surface area contributed by atoms with E-state index in [0.717, 1.165) is 16.7 Å². The van der Waals surface area contributed by atoms with Gasteiger partial charge >= 0.3 is 6.09 Å². The third-order valence-electron chi connectivity index (χ3n) is 7.41. The summed E-state index contributed by atoms with van der Waals surface area (Å²) >= 11 is 0. The Morgan fingerprint density at radius 1 is 1.00 bits per heavy atom. The molecule has 248 valence electrons. The van der Waals surface area contributed by atoms with E-state index in [9.17, 15) is 31.5 Å². The van der Waals surface area contributed by atoms with E-state index < -0.39 is 50.1 Å². The molecule has 1 heterocycles. The number of carbonyl (C=O) groups excluding carboxylic acids is 2. The fraction of sp³-hybridized carbons (Fsp3) is 0.375. The number of aliphatic hydroxyl groups excluding tert-OH is 1. The Morgan fingerprint density at radius 3 is 2.28 bits per heavy atom. The van der Waals surface area contributed by atoms with Crippen LogP contribution < -0.4 is 15.0 Å². The minimum atomic E-state index is -4.04. The maximum absolute atomic E-state index is 13.7. The van der Waals surface area contributed by atoms with Gasteiger partial charge < -0.3 is 19.9 Å². The number of hydrogen-bond donors (Lipinski definition) is 2. The maximum atomic E-state index is 13.7. The van der Waals surface area contributed by atoms with Gasteiger partial charge in [-0.15, -0.1) is 0 Å². The largest absolute Gasteiger partial charge is 0.497 e. The number of nitrogens with zero attached hydrogens (tertiary/aromatic N) is 2. The van der Waals surface area contributed by atoms with Gasteiger partial charge in [0, 0.05) is 25.0 Å². The Balaban J connectivity index is 1.56. The predicted molar refractivity (Wildman–Crippen MR) is 172 cm³/mol. The standard InChI is InChI=1S/C32H39N3O9S2/c1-22(2)19-34(46(41,42)26-15-13-25(43-3)14-16-26)20-29(36)28(17-23-9-6-5-7-10-23)33-31(37)30-21-35(32(38)44-30)24-11-8-12-27(18-24)45(4,39)40/h5-16,18,22,28-30,36H,17,19-21H2,1-4H3,(H,33,37)/t28-,29+,30-/m0/s1. The lowest BCUT2D eigenvalue weighted by Gasteiger charge is -2.31. The lowest BCUT2D eigenvalue weighted by Crippen LogP contribution is -2.53. The number of amides is 2. The number of benzene rings is 3. The van der Waals surface area contributed by atoms with Crippen molar-refractivity contribution in [1.29, 1.82) is 0 Å². The summed E-state index contributed by atoms with van der Waals surface area (Å²) in [5, 5.41) is 14.3. The van der Waals surface area contributed by atoms with E-state index in [1.165, 1.54) is 47.8 Å². The number of aliphatic hydroxyl groups is 1. The predicted octanol–water partition coefficient (Wildman–Crippen LogP) is 2.86. The van der Waals surface area contributed by atoms with Gasteiger partial charge in [-0.05, 0) is 60.4 Å². The van der Waals surface area contributed by atoms with Crippen molar-refractivity contribution in [2.24, 2.45) is 5.92 Å². The topological polar surface area (TPSA) is 160 Å². The zero-order chi connectivity index (χ0) is 33.6. The normalized spacial score (nSPS) is 16.7. The highest BCUT2D eigenvalue weighted by Gasteiger charge is 2.39. The molecular formula is C32H39N3O9S2. The monoisotopic (exact) mass is 673 g/mol. The molecule has 2 amide bonds. The molecule has 1 fully saturated rings. The quantitative estimate of drug-likeness (QED) is 0.262. The van der Waals surface area contributed by atoms with Gasteiger partial charge in [0.25, 0.3) is 5.91 Å². The molecule has 0 radical (unpaired) electrons. The first kappa shape index (κ1) is 34.9. The number of anilines is 1. The zero-order valence-corrected chi connectivity index (χ0v) is 27.7. The number of methoxy groups -OCH3 is 1. The minimum absolute atomic E-state index is 0.00675. The SMILES string of the molecule is COc1ccc(S(=O)(=O)N(CC(C)C)C[C@@H](O)[C@H](Cc2ccccc2)NC(=O)[C@@H]2CN(c3cccc(S(C)(=O)=O)c3)C(=O)O2)cc1. The van der Waals surface area contributed by atoms with Crippen LogP contribution in [0.15, 0.2) is 88.7 Å². The van der Waals surface area contributed by atoms with Gasteiger partial charge in [-0.2, -0.15) is 4.31 Å². The van der Waals surface area contributed by atoms with Crippen LogP contribution in [0.2, 0.25) is 0 Å². The van der Waals surface area contributed by atoms with Crippen molar-refractivity contribution in [3.63, 3.8) is 0 Å². The van der Waals surface area contributed by atoms with Crippen LogP contribution in [-0.2, 0) is 35.8 Å². The van der Waals surface area contributed by atoms with Gasteiger partial charge in [-0.1, -0.05) is 50.2 Å². The molecule has 46 heavy (non-hydrogen) atoms. The van der Waals surface area contributed by atoms with Crippen LogP contribution in [0.3, 0.4) is 0 Å². The van der Waals surface area contributed by atoms with Crippen LogP contribution in [0.5, 0.6) is 5.75 Å². The van der Waals surface area contributed by atoms with E-state index in [1.807, 2.05) is 32.0 Å². The van der Waals surface area contributed by atoms with E-state index in [-0.39, 0.29) is 47.5 Å². The number of sulfonamides is 1. The van der Waals surface area contributed by atoms with Crippen molar-refractivity contribution in [3.05, 3.63) is 84.4 Å². The second kappa shape index (κ2) is 14.6. The second-order valence-corrected chi connectivity index (χ2v) is 15.5. The number of cyclic esters (lactones) is 1. The first-order valence-electron chi connectivity index (χ1n) is 14.6. The molecule has 4 rings (SSSR count). The lowest BCUT2D eigenvalue weighted by molar-refractivity contribution is -0.129. The molecule has 1 saturated heterocycles. The first-order valence-corrected chi connectivity index (χ1v) is 18.0. The summed E-state index contributed by atoms with van der Waals surface area (Å²) in [4.78, 5) is 27.4. The average Bonchev–Trinajstić information content (AvgIpc) is 3.42. The van der Waals surface area contributed by atoms with E-state index in [1.54, 1.807) is 24.3 Å². The molecule has 1 aliphatic heterocycles. The van der Waals surface area contributed by atoms with Crippen molar-refractivity contribution in [3.8, 4) is 5.75 Å². The number of ether oxygens (including phenoxy) is 2. The Labute approximate surface area is 269 Å². The van der Waals surface area contributed by atoms with Crippen molar-refractivity contribution in [1.82, 2.24) is 9.62 Å². The molecule has 3 atom stereocenters. The van der Waals surface area contributed by atoms with Crippen molar-refractivity contribution in [2.45, 2.75) is 48.3 Å².